The van der Waals surface area contributed by atoms with Crippen LogP contribution in [0.1, 0.15) is 53.9 Å². The highest BCUT2D eigenvalue weighted by molar-refractivity contribution is 9.09. The first kappa shape index (κ1) is 17.9. The van der Waals surface area contributed by atoms with Crippen molar-refractivity contribution >= 4 is 21.9 Å². The molecule has 18 heavy (non-hydrogen) atoms. The minimum atomic E-state index is -1.90. The van der Waals surface area contributed by atoms with Crippen LogP contribution < -0.4 is 0 Å². The first-order valence-corrected chi connectivity index (χ1v) is 7.29. The van der Waals surface area contributed by atoms with E-state index in [0.29, 0.717) is 19.3 Å². The molecule has 0 aliphatic heterocycles. The maximum Gasteiger partial charge on any atom is 0.342 e. The van der Waals surface area contributed by atoms with Crippen molar-refractivity contribution in [3.05, 3.63) is 0 Å². The molecule has 0 aromatic carbocycles. The van der Waals surface area contributed by atoms with Gasteiger partial charge in [-0.05, 0) is 33.6 Å². The number of carbonyl (C=O) groups excluding carboxylic acids is 1. The Kier molecular flexibility index (Phi) is 6.82. The van der Waals surface area contributed by atoms with Crippen LogP contribution in [0.3, 0.4) is 0 Å². The van der Waals surface area contributed by atoms with Crippen molar-refractivity contribution in [3.63, 3.8) is 0 Å². The van der Waals surface area contributed by atoms with Crippen LogP contribution in [-0.4, -0.2) is 38.3 Å². The van der Waals surface area contributed by atoms with Gasteiger partial charge in [-0.2, -0.15) is 0 Å². The zero-order valence-corrected chi connectivity index (χ0v) is 13.5. The fourth-order valence-corrected chi connectivity index (χ4v) is 2.13. The number of alkyl halides is 1. The Hall–Kier alpha value is -0.130. The molecule has 0 aliphatic rings. The van der Waals surface area contributed by atoms with Gasteiger partial charge in [0.2, 0.25) is 5.60 Å². The molecule has 0 bridgehead atoms. The fourth-order valence-electron chi connectivity index (χ4n) is 1.64. The number of ether oxygens (including phenoxy) is 1. The van der Waals surface area contributed by atoms with E-state index in [9.17, 15) is 15.0 Å². The van der Waals surface area contributed by atoms with E-state index in [1.54, 1.807) is 20.8 Å². The van der Waals surface area contributed by atoms with Gasteiger partial charge in [0.05, 0.1) is 10.9 Å². The number of hydrogen-bond donors (Lipinski definition) is 2. The van der Waals surface area contributed by atoms with Crippen LogP contribution in [0.4, 0.5) is 0 Å². The summed E-state index contributed by atoms with van der Waals surface area (Å²) in [6, 6.07) is 0. The maximum absolute atomic E-state index is 12.1. The first-order valence-electron chi connectivity index (χ1n) is 6.37. The van der Waals surface area contributed by atoms with Gasteiger partial charge in [0.15, 0.2) is 0 Å². The second kappa shape index (κ2) is 6.87. The number of esters is 1. The summed E-state index contributed by atoms with van der Waals surface area (Å²) in [5.41, 5.74) is -2.60. The molecule has 0 heterocycles. The highest BCUT2D eigenvalue weighted by Crippen LogP contribution is 2.30. The third-order valence-electron chi connectivity index (χ3n) is 2.63. The van der Waals surface area contributed by atoms with Crippen molar-refractivity contribution in [2.24, 2.45) is 0 Å². The monoisotopic (exact) mass is 324 g/mol. The van der Waals surface area contributed by atoms with Gasteiger partial charge in [0, 0.05) is 0 Å². The van der Waals surface area contributed by atoms with Crippen LogP contribution in [0, 0.1) is 0 Å². The van der Waals surface area contributed by atoms with Crippen molar-refractivity contribution in [2.75, 3.05) is 0 Å². The van der Waals surface area contributed by atoms with E-state index >= 15 is 0 Å². The first-order chi connectivity index (χ1) is 8.09. The summed E-state index contributed by atoms with van der Waals surface area (Å²) in [6.45, 7) is 8.90. The van der Waals surface area contributed by atoms with Gasteiger partial charge in [0.25, 0.3) is 0 Å². The molecule has 2 N–H and O–H groups in total. The van der Waals surface area contributed by atoms with Crippen molar-refractivity contribution < 1.29 is 19.7 Å². The van der Waals surface area contributed by atoms with E-state index in [1.807, 2.05) is 13.8 Å². The summed E-state index contributed by atoms with van der Waals surface area (Å²) in [7, 11) is 0. The summed E-state index contributed by atoms with van der Waals surface area (Å²) in [5.74, 6) is -0.778. The normalized spacial score (nSPS) is 18.9. The molecule has 0 saturated carbocycles. The molecule has 108 valence electrons. The lowest BCUT2D eigenvalue weighted by molar-refractivity contribution is -0.189. The van der Waals surface area contributed by atoms with Gasteiger partial charge >= 0.3 is 5.97 Å². The van der Waals surface area contributed by atoms with Gasteiger partial charge in [-0.25, -0.2) is 4.79 Å². The third-order valence-corrected chi connectivity index (χ3v) is 3.98. The van der Waals surface area contributed by atoms with Gasteiger partial charge < -0.3 is 14.9 Å². The molecule has 4 nitrogen and oxygen atoms in total. The largest absolute Gasteiger partial charge is 0.458 e. The lowest BCUT2D eigenvalue weighted by Crippen LogP contribution is -2.57. The average Bonchev–Trinajstić information content (AvgIpc) is 2.24. The molecule has 0 aliphatic carbocycles. The Morgan fingerprint density at radius 2 is 1.83 bits per heavy atom. The molecule has 0 aromatic heterocycles. The third kappa shape index (κ3) is 4.52. The lowest BCUT2D eigenvalue weighted by Gasteiger charge is -2.36. The molecule has 0 rings (SSSR count). The topological polar surface area (TPSA) is 66.8 Å². The van der Waals surface area contributed by atoms with Gasteiger partial charge in [0.1, 0.15) is 5.60 Å². The Morgan fingerprint density at radius 1 is 1.33 bits per heavy atom. The number of aliphatic hydroxyl groups excluding tert-OH is 1. The van der Waals surface area contributed by atoms with Crippen LogP contribution in [0.2, 0.25) is 0 Å². The summed E-state index contributed by atoms with van der Waals surface area (Å²) in [5, 5.41) is 20.6. The van der Waals surface area contributed by atoms with Crippen molar-refractivity contribution in [2.45, 2.75) is 76.0 Å². The molecule has 0 amide bonds. The van der Waals surface area contributed by atoms with Crippen LogP contribution in [0.25, 0.3) is 0 Å². The zero-order chi connectivity index (χ0) is 14.6. The highest BCUT2D eigenvalue weighted by atomic mass is 79.9. The highest BCUT2D eigenvalue weighted by Gasteiger charge is 2.50. The molecular formula is C13H25BrO4. The smallest absolute Gasteiger partial charge is 0.342 e. The second-order valence-electron chi connectivity index (χ2n) is 5.51. The molecule has 0 radical (unpaired) electrons. The van der Waals surface area contributed by atoms with Gasteiger partial charge in [-0.1, -0.05) is 36.2 Å². The second-order valence-corrected chi connectivity index (χ2v) is 6.61. The summed E-state index contributed by atoms with van der Waals surface area (Å²) >= 11 is 3.27. The van der Waals surface area contributed by atoms with Crippen LogP contribution >= 0.6 is 15.9 Å². The predicted octanol–water partition coefficient (Wildman–Crippen LogP) is 2.39. The SMILES string of the molecule is CCC[C@H](O)[C@@](O)(C(=O)OC(C)(C)C)[C@H](Br)CC. The van der Waals surface area contributed by atoms with E-state index in [4.69, 9.17) is 4.74 Å². The molecule has 0 aromatic rings. The quantitative estimate of drug-likeness (QED) is 0.581. The Balaban J connectivity index is 5.15. The number of halogens is 1. The minimum Gasteiger partial charge on any atom is -0.458 e. The van der Waals surface area contributed by atoms with Crippen molar-refractivity contribution in [3.8, 4) is 0 Å². The number of aliphatic hydroxyl groups is 2. The molecule has 5 heteroatoms. The Bertz CT molecular complexity index is 275. The maximum atomic E-state index is 12.1. The van der Waals surface area contributed by atoms with E-state index in [0.717, 1.165) is 0 Å². The summed E-state index contributed by atoms with van der Waals surface area (Å²) in [4.78, 5) is 11.6. The van der Waals surface area contributed by atoms with Crippen LogP contribution in [0.5, 0.6) is 0 Å². The Labute approximate surface area is 118 Å². The zero-order valence-electron chi connectivity index (χ0n) is 11.9. The predicted molar refractivity (Wildman–Crippen MR) is 74.7 cm³/mol. The molecular weight excluding hydrogens is 300 g/mol. The lowest BCUT2D eigenvalue weighted by atomic mass is 9.88. The van der Waals surface area contributed by atoms with E-state index < -0.39 is 28.1 Å². The van der Waals surface area contributed by atoms with E-state index in [2.05, 4.69) is 15.9 Å². The summed E-state index contributed by atoms with van der Waals surface area (Å²) < 4.78 is 5.21. The summed E-state index contributed by atoms with van der Waals surface area (Å²) in [6.07, 6.45) is 0.394. The van der Waals surface area contributed by atoms with Crippen molar-refractivity contribution in [1.82, 2.24) is 0 Å². The van der Waals surface area contributed by atoms with E-state index in [1.165, 1.54) is 0 Å². The molecule has 0 unspecified atom stereocenters. The average molecular weight is 325 g/mol. The standard InChI is InChI=1S/C13H25BrO4/c1-6-8-10(15)13(17,9(14)7-2)11(16)18-12(3,4)5/h9-10,15,17H,6-8H2,1-5H3/t9-,10+,13-/m1/s1. The fraction of sp³-hybridized carbons (Fsp3) is 0.923. The molecule has 0 saturated heterocycles. The minimum absolute atomic E-state index is 0.345. The number of hydrogen-bond acceptors (Lipinski definition) is 4. The number of rotatable bonds is 6. The Morgan fingerprint density at radius 3 is 2.17 bits per heavy atom. The van der Waals surface area contributed by atoms with Gasteiger partial charge in [-0.15, -0.1) is 0 Å². The molecule has 3 atom stereocenters. The van der Waals surface area contributed by atoms with Crippen LogP contribution in [0.15, 0.2) is 0 Å². The van der Waals surface area contributed by atoms with Crippen LogP contribution in [-0.2, 0) is 9.53 Å². The molecule has 0 fully saturated rings. The molecule has 0 spiro atoms. The number of carbonyl (C=O) groups is 1. The van der Waals surface area contributed by atoms with E-state index in [-0.39, 0.29) is 0 Å². The van der Waals surface area contributed by atoms with Crippen molar-refractivity contribution in [1.29, 1.82) is 0 Å². The van der Waals surface area contributed by atoms with Gasteiger partial charge in [-0.3, -0.25) is 0 Å².